The molecule has 7 heteroatoms. The number of carbonyl (C=O) groups excluding carboxylic acids is 1. The smallest absolute Gasteiger partial charge is 0.300 e. The quantitative estimate of drug-likeness (QED) is 0.665. The molecule has 0 radical (unpaired) electrons. The zero-order valence-corrected chi connectivity index (χ0v) is 11.6. The van der Waals surface area contributed by atoms with Crippen molar-refractivity contribution in [3.63, 3.8) is 0 Å². The molecule has 0 spiro atoms. The third-order valence-corrected chi connectivity index (χ3v) is 2.98. The minimum Gasteiger partial charge on any atom is -0.384 e. The summed E-state index contributed by atoms with van der Waals surface area (Å²) in [4.78, 5) is 26.1. The first-order valence-electron chi connectivity index (χ1n) is 6.17. The Balaban J connectivity index is 2.36. The zero-order chi connectivity index (χ0) is 15.6. The summed E-state index contributed by atoms with van der Waals surface area (Å²) in [6.45, 7) is 3.78. The summed E-state index contributed by atoms with van der Waals surface area (Å²) in [6, 6.07) is 6.69. The number of benzene rings is 1. The summed E-state index contributed by atoms with van der Waals surface area (Å²) in [5.41, 5.74) is 7.52. The van der Waals surface area contributed by atoms with Crippen LogP contribution >= 0.6 is 0 Å². The molecule has 7 nitrogen and oxygen atoms in total. The molecule has 0 bridgehead atoms. The third-order valence-electron chi connectivity index (χ3n) is 2.98. The van der Waals surface area contributed by atoms with Crippen molar-refractivity contribution in [3.8, 4) is 0 Å². The predicted octanol–water partition coefficient (Wildman–Crippen LogP) is 2.44. The van der Waals surface area contributed by atoms with Crippen molar-refractivity contribution in [2.24, 2.45) is 0 Å². The van der Waals surface area contributed by atoms with Gasteiger partial charge < -0.3 is 11.1 Å². The van der Waals surface area contributed by atoms with Gasteiger partial charge in [-0.3, -0.25) is 14.9 Å². The number of nitrogen functional groups attached to an aromatic ring is 1. The highest BCUT2D eigenvalue weighted by Gasteiger charge is 2.21. The first-order chi connectivity index (χ1) is 9.88. The highest BCUT2D eigenvalue weighted by molar-refractivity contribution is 6.07. The summed E-state index contributed by atoms with van der Waals surface area (Å²) in [5, 5.41) is 13.6. The monoisotopic (exact) mass is 286 g/mol. The lowest BCUT2D eigenvalue weighted by Gasteiger charge is -2.09. The van der Waals surface area contributed by atoms with Gasteiger partial charge in [-0.05, 0) is 31.5 Å². The second-order valence-corrected chi connectivity index (χ2v) is 4.66. The van der Waals surface area contributed by atoms with Gasteiger partial charge in [0, 0.05) is 5.69 Å². The topological polar surface area (TPSA) is 111 Å². The number of nitrogens with zero attached hydrogens (tertiary/aromatic N) is 2. The van der Waals surface area contributed by atoms with E-state index >= 15 is 0 Å². The van der Waals surface area contributed by atoms with Crippen LogP contribution in [0.15, 0.2) is 30.5 Å². The van der Waals surface area contributed by atoms with Gasteiger partial charge in [0.2, 0.25) is 0 Å². The summed E-state index contributed by atoms with van der Waals surface area (Å²) >= 11 is 0. The molecule has 0 aliphatic rings. The van der Waals surface area contributed by atoms with Crippen molar-refractivity contribution < 1.29 is 9.72 Å². The Morgan fingerprint density at radius 3 is 2.67 bits per heavy atom. The molecule has 0 aliphatic heterocycles. The summed E-state index contributed by atoms with van der Waals surface area (Å²) < 4.78 is 0. The van der Waals surface area contributed by atoms with E-state index in [0.29, 0.717) is 5.69 Å². The number of rotatable bonds is 3. The Labute approximate surface area is 121 Å². The minimum atomic E-state index is -0.663. The average Bonchev–Trinajstić information content (AvgIpc) is 2.41. The average molecular weight is 286 g/mol. The molecule has 0 saturated carbocycles. The number of carbonyl (C=O) groups is 1. The van der Waals surface area contributed by atoms with E-state index in [2.05, 4.69) is 10.3 Å². The SMILES string of the molecule is Cc1ccc(NC(=O)c2cc(N)ncc2[N+](=O)[O-])c(C)c1. The van der Waals surface area contributed by atoms with Crippen molar-refractivity contribution >= 4 is 23.1 Å². The number of hydrogen-bond acceptors (Lipinski definition) is 5. The lowest BCUT2D eigenvalue weighted by atomic mass is 10.1. The first kappa shape index (κ1) is 14.4. The molecular weight excluding hydrogens is 272 g/mol. The lowest BCUT2D eigenvalue weighted by Crippen LogP contribution is -2.15. The fourth-order valence-corrected chi connectivity index (χ4v) is 1.94. The van der Waals surface area contributed by atoms with Crippen LogP contribution in [0.2, 0.25) is 0 Å². The summed E-state index contributed by atoms with van der Waals surface area (Å²) in [6.07, 6.45) is 0.978. The maximum absolute atomic E-state index is 12.2. The molecule has 21 heavy (non-hydrogen) atoms. The summed E-state index contributed by atoms with van der Waals surface area (Å²) in [5.74, 6) is -0.547. The first-order valence-corrected chi connectivity index (χ1v) is 6.17. The summed E-state index contributed by atoms with van der Waals surface area (Å²) in [7, 11) is 0. The van der Waals surface area contributed by atoms with Crippen molar-refractivity contribution in [2.45, 2.75) is 13.8 Å². The lowest BCUT2D eigenvalue weighted by molar-refractivity contribution is -0.385. The number of aromatic nitrogens is 1. The van der Waals surface area contributed by atoms with Gasteiger partial charge in [-0.1, -0.05) is 17.7 Å². The number of anilines is 2. The molecular formula is C14H14N4O3. The Hall–Kier alpha value is -2.96. The Kier molecular flexibility index (Phi) is 3.84. The number of amides is 1. The number of nitro groups is 1. The highest BCUT2D eigenvalue weighted by atomic mass is 16.6. The Bertz CT molecular complexity index is 728. The van der Waals surface area contributed by atoms with E-state index in [1.165, 1.54) is 6.07 Å². The van der Waals surface area contributed by atoms with Crippen molar-refractivity contribution in [1.29, 1.82) is 0 Å². The second kappa shape index (κ2) is 5.58. The van der Waals surface area contributed by atoms with E-state index in [1.54, 1.807) is 6.07 Å². The number of nitrogens with two attached hydrogens (primary N) is 1. The van der Waals surface area contributed by atoms with Crippen LogP contribution in [-0.2, 0) is 0 Å². The minimum absolute atomic E-state index is 0.0476. The maximum Gasteiger partial charge on any atom is 0.300 e. The number of pyridine rings is 1. The van der Waals surface area contributed by atoms with Crippen molar-refractivity contribution in [2.75, 3.05) is 11.1 Å². The van der Waals surface area contributed by atoms with Crippen molar-refractivity contribution in [1.82, 2.24) is 4.98 Å². The standard InChI is InChI=1S/C14H14N4O3/c1-8-3-4-11(9(2)5-8)17-14(19)10-6-13(15)16-7-12(10)18(20)21/h3-7H,1-2H3,(H2,15,16)(H,17,19). The van der Waals surface area contributed by atoms with Gasteiger partial charge >= 0.3 is 0 Å². The molecule has 1 aromatic heterocycles. The molecule has 108 valence electrons. The van der Waals surface area contributed by atoms with Crippen LogP contribution in [0.25, 0.3) is 0 Å². The number of nitrogens with one attached hydrogen (secondary N) is 1. The van der Waals surface area contributed by atoms with Crippen molar-refractivity contribution in [3.05, 3.63) is 57.3 Å². The largest absolute Gasteiger partial charge is 0.384 e. The zero-order valence-electron chi connectivity index (χ0n) is 11.6. The van der Waals surface area contributed by atoms with Gasteiger partial charge in [0.25, 0.3) is 11.6 Å². The van der Waals surface area contributed by atoms with Gasteiger partial charge in [0.1, 0.15) is 17.6 Å². The number of aryl methyl sites for hydroxylation is 2. The molecule has 0 aliphatic carbocycles. The molecule has 3 N–H and O–H groups in total. The van der Waals surface area contributed by atoms with E-state index < -0.39 is 10.8 Å². The Morgan fingerprint density at radius 2 is 2.05 bits per heavy atom. The van der Waals surface area contributed by atoms with Gasteiger partial charge in [-0.25, -0.2) is 4.98 Å². The van der Waals surface area contributed by atoms with E-state index in [4.69, 9.17) is 5.73 Å². The van der Waals surface area contributed by atoms with Crippen LogP contribution in [0.1, 0.15) is 21.5 Å². The van der Waals surface area contributed by atoms with Crippen LogP contribution < -0.4 is 11.1 Å². The van der Waals surface area contributed by atoms with E-state index in [0.717, 1.165) is 17.3 Å². The van der Waals surface area contributed by atoms with E-state index in [9.17, 15) is 14.9 Å². The molecule has 0 atom stereocenters. The molecule has 1 amide bonds. The fourth-order valence-electron chi connectivity index (χ4n) is 1.94. The molecule has 2 rings (SSSR count). The van der Waals surface area contributed by atoms with Crippen LogP contribution in [-0.4, -0.2) is 15.8 Å². The molecule has 1 heterocycles. The van der Waals surface area contributed by atoms with E-state index in [1.807, 2.05) is 26.0 Å². The van der Waals surface area contributed by atoms with Crippen LogP contribution in [0.5, 0.6) is 0 Å². The third kappa shape index (κ3) is 3.14. The Morgan fingerprint density at radius 1 is 1.33 bits per heavy atom. The van der Waals surface area contributed by atoms with Gasteiger partial charge in [-0.15, -0.1) is 0 Å². The van der Waals surface area contributed by atoms with Gasteiger partial charge in [-0.2, -0.15) is 0 Å². The fraction of sp³-hybridized carbons (Fsp3) is 0.143. The van der Waals surface area contributed by atoms with Crippen LogP contribution in [0, 0.1) is 24.0 Å². The maximum atomic E-state index is 12.2. The molecule has 0 unspecified atom stereocenters. The van der Waals surface area contributed by atoms with E-state index in [-0.39, 0.29) is 17.1 Å². The van der Waals surface area contributed by atoms with Crippen LogP contribution in [0.4, 0.5) is 17.2 Å². The molecule has 2 aromatic rings. The normalized spacial score (nSPS) is 10.2. The van der Waals surface area contributed by atoms with Gasteiger partial charge in [0.05, 0.1) is 4.92 Å². The predicted molar refractivity (Wildman–Crippen MR) is 79.2 cm³/mol. The van der Waals surface area contributed by atoms with Gasteiger partial charge in [0.15, 0.2) is 0 Å². The molecule has 1 aromatic carbocycles. The second-order valence-electron chi connectivity index (χ2n) is 4.66. The highest BCUT2D eigenvalue weighted by Crippen LogP contribution is 2.22. The molecule has 0 fully saturated rings. The number of hydrogen-bond donors (Lipinski definition) is 2. The molecule has 0 saturated heterocycles. The van der Waals surface area contributed by atoms with Crippen LogP contribution in [0.3, 0.4) is 0 Å².